The fourth-order valence-corrected chi connectivity index (χ4v) is 5.24. The van der Waals surface area contributed by atoms with Gasteiger partial charge >= 0.3 is 0 Å². The van der Waals surface area contributed by atoms with E-state index in [1.807, 2.05) is 31.2 Å². The van der Waals surface area contributed by atoms with E-state index in [-0.39, 0.29) is 10.9 Å². The van der Waals surface area contributed by atoms with Gasteiger partial charge in [0.05, 0.1) is 5.52 Å². The molecule has 2 heterocycles. The first-order valence-corrected chi connectivity index (χ1v) is 11.1. The lowest BCUT2D eigenvalue weighted by molar-refractivity contribution is 0.200. The first-order chi connectivity index (χ1) is 13.5. The largest absolute Gasteiger partial charge is 0.299 e. The van der Waals surface area contributed by atoms with Crippen LogP contribution in [0.5, 0.6) is 0 Å². The Kier molecular flexibility index (Phi) is 5.44. The molecule has 0 bridgehead atoms. The summed E-state index contributed by atoms with van der Waals surface area (Å²) in [5, 5.41) is 0.839. The molecule has 5 nitrogen and oxygen atoms in total. The number of nitrogens with one attached hydrogen (secondary N) is 1. The Balaban J connectivity index is 1.44. The van der Waals surface area contributed by atoms with Gasteiger partial charge in [-0.25, -0.2) is 13.1 Å². The molecule has 0 atom stereocenters. The summed E-state index contributed by atoms with van der Waals surface area (Å²) >= 11 is 0. The standard InChI is InChI=1S/C22H25N3O2S/c1-17-10-11-19-8-5-9-21(22(19)23-17)28(26,27)24-20-12-14-25(15-13-20)16-18-6-3-2-4-7-18/h2-11,20,24H,12-16H2,1H3. The lowest BCUT2D eigenvalue weighted by atomic mass is 10.1. The number of aryl methyl sites for hydroxylation is 1. The molecule has 3 aromatic rings. The van der Waals surface area contributed by atoms with Crippen molar-refractivity contribution in [3.05, 3.63) is 71.9 Å². The fourth-order valence-electron chi connectivity index (χ4n) is 3.77. The van der Waals surface area contributed by atoms with Crippen LogP contribution in [-0.4, -0.2) is 37.4 Å². The van der Waals surface area contributed by atoms with Gasteiger partial charge in [0.15, 0.2) is 0 Å². The van der Waals surface area contributed by atoms with Crippen molar-refractivity contribution in [3.63, 3.8) is 0 Å². The lowest BCUT2D eigenvalue weighted by Gasteiger charge is -2.32. The minimum Gasteiger partial charge on any atom is -0.299 e. The molecule has 1 aromatic heterocycles. The molecule has 4 rings (SSSR count). The Morgan fingerprint density at radius 3 is 2.50 bits per heavy atom. The smallest absolute Gasteiger partial charge is 0.242 e. The first kappa shape index (κ1) is 19.1. The molecule has 1 aliphatic rings. The Hall–Kier alpha value is -2.28. The van der Waals surface area contributed by atoms with E-state index in [1.54, 1.807) is 12.1 Å². The van der Waals surface area contributed by atoms with Gasteiger partial charge in [0.1, 0.15) is 4.90 Å². The molecule has 1 N–H and O–H groups in total. The summed E-state index contributed by atoms with van der Waals surface area (Å²) in [4.78, 5) is 7.11. The average molecular weight is 396 g/mol. The number of aromatic nitrogens is 1. The molecule has 28 heavy (non-hydrogen) atoms. The zero-order valence-corrected chi connectivity index (χ0v) is 16.8. The molecular formula is C22H25N3O2S. The summed E-state index contributed by atoms with van der Waals surface area (Å²) in [6.07, 6.45) is 1.62. The highest BCUT2D eigenvalue weighted by molar-refractivity contribution is 7.89. The van der Waals surface area contributed by atoms with Crippen LogP contribution in [0, 0.1) is 6.92 Å². The van der Waals surface area contributed by atoms with Gasteiger partial charge in [0.25, 0.3) is 0 Å². The number of rotatable bonds is 5. The highest BCUT2D eigenvalue weighted by Crippen LogP contribution is 2.23. The van der Waals surface area contributed by atoms with Gasteiger partial charge in [-0.1, -0.05) is 48.5 Å². The number of para-hydroxylation sites is 1. The van der Waals surface area contributed by atoms with E-state index in [0.29, 0.717) is 5.52 Å². The molecule has 1 saturated heterocycles. The number of hydrogen-bond donors (Lipinski definition) is 1. The van der Waals surface area contributed by atoms with Crippen molar-refractivity contribution in [1.29, 1.82) is 0 Å². The van der Waals surface area contributed by atoms with Crippen molar-refractivity contribution in [2.24, 2.45) is 0 Å². The maximum absolute atomic E-state index is 13.0. The van der Waals surface area contributed by atoms with E-state index in [1.165, 1.54) is 5.56 Å². The van der Waals surface area contributed by atoms with Crippen molar-refractivity contribution >= 4 is 20.9 Å². The van der Waals surface area contributed by atoms with E-state index >= 15 is 0 Å². The second kappa shape index (κ2) is 7.99. The van der Waals surface area contributed by atoms with Gasteiger partial charge in [-0.3, -0.25) is 9.88 Å². The van der Waals surface area contributed by atoms with Crippen molar-refractivity contribution < 1.29 is 8.42 Å². The summed E-state index contributed by atoms with van der Waals surface area (Å²) in [5.41, 5.74) is 2.64. The van der Waals surface area contributed by atoms with Gasteiger partial charge in [-0.2, -0.15) is 0 Å². The van der Waals surface area contributed by atoms with E-state index in [9.17, 15) is 8.42 Å². The maximum Gasteiger partial charge on any atom is 0.242 e. The average Bonchev–Trinajstić information content (AvgIpc) is 2.69. The van der Waals surface area contributed by atoms with E-state index in [2.05, 4.69) is 38.9 Å². The van der Waals surface area contributed by atoms with Crippen LogP contribution in [-0.2, 0) is 16.6 Å². The minimum absolute atomic E-state index is 0.0444. The quantitative estimate of drug-likeness (QED) is 0.718. The van der Waals surface area contributed by atoms with Gasteiger partial charge < -0.3 is 0 Å². The number of sulfonamides is 1. The SMILES string of the molecule is Cc1ccc2cccc(S(=O)(=O)NC3CCN(Cc4ccccc4)CC3)c2n1. The second-order valence-electron chi connectivity index (χ2n) is 7.44. The third-order valence-electron chi connectivity index (χ3n) is 5.27. The molecule has 1 fully saturated rings. The van der Waals surface area contributed by atoms with E-state index in [4.69, 9.17) is 0 Å². The normalized spacial score (nSPS) is 16.5. The second-order valence-corrected chi connectivity index (χ2v) is 9.12. The molecule has 2 aromatic carbocycles. The molecule has 0 saturated carbocycles. The third kappa shape index (κ3) is 4.24. The lowest BCUT2D eigenvalue weighted by Crippen LogP contribution is -2.44. The minimum atomic E-state index is -3.61. The molecule has 0 unspecified atom stereocenters. The van der Waals surface area contributed by atoms with Crippen LogP contribution in [0.1, 0.15) is 24.1 Å². The topological polar surface area (TPSA) is 62.3 Å². The molecule has 0 radical (unpaired) electrons. The number of likely N-dealkylation sites (tertiary alicyclic amines) is 1. The van der Waals surface area contributed by atoms with Crippen LogP contribution < -0.4 is 4.72 Å². The highest BCUT2D eigenvalue weighted by atomic mass is 32.2. The number of fused-ring (bicyclic) bond motifs is 1. The predicted octanol–water partition coefficient (Wildman–Crippen LogP) is 3.49. The molecule has 6 heteroatoms. The first-order valence-electron chi connectivity index (χ1n) is 9.66. The Morgan fingerprint density at radius 1 is 1.00 bits per heavy atom. The monoisotopic (exact) mass is 395 g/mol. The summed E-state index contributed by atoms with van der Waals surface area (Å²) in [6, 6.07) is 19.5. The maximum atomic E-state index is 13.0. The van der Waals surface area contributed by atoms with Crippen molar-refractivity contribution in [2.45, 2.75) is 37.2 Å². The van der Waals surface area contributed by atoms with Crippen LogP contribution >= 0.6 is 0 Å². The number of nitrogens with zero attached hydrogens (tertiary/aromatic N) is 2. The van der Waals surface area contributed by atoms with Crippen LogP contribution in [0.4, 0.5) is 0 Å². The molecule has 0 aliphatic carbocycles. The molecule has 0 spiro atoms. The van der Waals surface area contributed by atoms with Crippen molar-refractivity contribution in [1.82, 2.24) is 14.6 Å². The Bertz CT molecular complexity index is 1060. The molecular weight excluding hydrogens is 370 g/mol. The number of benzene rings is 2. The summed E-state index contributed by atoms with van der Waals surface area (Å²) in [5.74, 6) is 0. The van der Waals surface area contributed by atoms with Gasteiger partial charge in [-0.05, 0) is 37.5 Å². The van der Waals surface area contributed by atoms with Crippen LogP contribution in [0.3, 0.4) is 0 Å². The highest BCUT2D eigenvalue weighted by Gasteiger charge is 2.26. The molecule has 1 aliphatic heterocycles. The summed E-state index contributed by atoms with van der Waals surface area (Å²) in [6.45, 7) is 4.55. The van der Waals surface area contributed by atoms with Gasteiger partial charge in [-0.15, -0.1) is 0 Å². The van der Waals surface area contributed by atoms with Gasteiger partial charge in [0, 0.05) is 36.8 Å². The third-order valence-corrected chi connectivity index (χ3v) is 6.82. The van der Waals surface area contributed by atoms with E-state index < -0.39 is 10.0 Å². The van der Waals surface area contributed by atoms with Crippen molar-refractivity contribution in [2.75, 3.05) is 13.1 Å². The molecule has 146 valence electrons. The molecule has 0 amide bonds. The van der Waals surface area contributed by atoms with E-state index in [0.717, 1.165) is 43.6 Å². The predicted molar refractivity (Wildman–Crippen MR) is 112 cm³/mol. The van der Waals surface area contributed by atoms with Crippen LogP contribution in [0.25, 0.3) is 10.9 Å². The summed E-state index contributed by atoms with van der Waals surface area (Å²) < 4.78 is 29.0. The fraction of sp³-hybridized carbons (Fsp3) is 0.318. The Labute approximate surface area is 166 Å². The zero-order chi connectivity index (χ0) is 19.6. The summed E-state index contributed by atoms with van der Waals surface area (Å²) in [7, 11) is -3.61. The zero-order valence-electron chi connectivity index (χ0n) is 16.0. The Morgan fingerprint density at radius 2 is 1.75 bits per heavy atom. The van der Waals surface area contributed by atoms with Crippen LogP contribution in [0.15, 0.2) is 65.6 Å². The van der Waals surface area contributed by atoms with Crippen LogP contribution in [0.2, 0.25) is 0 Å². The number of hydrogen-bond acceptors (Lipinski definition) is 4. The number of piperidine rings is 1. The van der Waals surface area contributed by atoms with Crippen molar-refractivity contribution in [3.8, 4) is 0 Å². The number of pyridine rings is 1. The van der Waals surface area contributed by atoms with Gasteiger partial charge in [0.2, 0.25) is 10.0 Å².